The van der Waals surface area contributed by atoms with Crippen molar-refractivity contribution in [2.24, 2.45) is 11.3 Å². The Labute approximate surface area is 80.8 Å². The highest BCUT2D eigenvalue weighted by Crippen LogP contribution is 2.13. The highest BCUT2D eigenvalue weighted by atomic mass is 16.5. The molecule has 0 aliphatic heterocycles. The number of carbonyl (C=O) groups excluding carboxylic acids is 1. The van der Waals surface area contributed by atoms with Crippen LogP contribution in [0.4, 0.5) is 0 Å². The molecular formula is C10H21NO2. The van der Waals surface area contributed by atoms with Crippen molar-refractivity contribution < 1.29 is 9.53 Å². The molecule has 0 aliphatic rings. The first kappa shape index (κ1) is 12.4. The van der Waals surface area contributed by atoms with Gasteiger partial charge in [0.15, 0.2) is 0 Å². The molecule has 13 heavy (non-hydrogen) atoms. The van der Waals surface area contributed by atoms with Gasteiger partial charge in [0.1, 0.15) is 0 Å². The van der Waals surface area contributed by atoms with Crippen LogP contribution in [0.15, 0.2) is 0 Å². The van der Waals surface area contributed by atoms with Gasteiger partial charge in [-0.25, -0.2) is 0 Å². The summed E-state index contributed by atoms with van der Waals surface area (Å²) in [4.78, 5) is 11.2. The first-order valence-corrected chi connectivity index (χ1v) is 4.66. The Balaban J connectivity index is 3.80. The molecule has 3 heteroatoms. The number of amides is 1. The molecule has 0 atom stereocenters. The lowest BCUT2D eigenvalue weighted by atomic mass is 9.94. The average molecular weight is 187 g/mol. The van der Waals surface area contributed by atoms with E-state index >= 15 is 0 Å². The van der Waals surface area contributed by atoms with Crippen LogP contribution < -0.4 is 5.32 Å². The van der Waals surface area contributed by atoms with Gasteiger partial charge in [0, 0.05) is 25.0 Å². The minimum Gasteiger partial charge on any atom is -0.384 e. The molecule has 0 aliphatic carbocycles. The van der Waals surface area contributed by atoms with E-state index in [1.165, 1.54) is 0 Å². The number of methoxy groups -OCH3 is 1. The van der Waals surface area contributed by atoms with E-state index in [2.05, 4.69) is 19.2 Å². The highest BCUT2D eigenvalue weighted by Gasteiger charge is 2.19. The van der Waals surface area contributed by atoms with E-state index in [-0.39, 0.29) is 17.2 Å². The van der Waals surface area contributed by atoms with Crippen molar-refractivity contribution in [1.82, 2.24) is 5.32 Å². The molecule has 0 radical (unpaired) electrons. The van der Waals surface area contributed by atoms with Crippen LogP contribution in [0.2, 0.25) is 0 Å². The van der Waals surface area contributed by atoms with Crippen LogP contribution in [-0.2, 0) is 9.53 Å². The third-order valence-electron chi connectivity index (χ3n) is 1.80. The highest BCUT2D eigenvalue weighted by molar-refractivity contribution is 5.77. The van der Waals surface area contributed by atoms with E-state index < -0.39 is 0 Å². The molecule has 0 aromatic rings. The Morgan fingerprint density at radius 2 is 2.00 bits per heavy atom. The summed E-state index contributed by atoms with van der Waals surface area (Å²) < 4.78 is 5.05. The maximum atomic E-state index is 11.2. The van der Waals surface area contributed by atoms with Gasteiger partial charge in [-0.05, 0) is 0 Å². The van der Waals surface area contributed by atoms with Gasteiger partial charge >= 0.3 is 0 Å². The Kier molecular flexibility index (Phi) is 4.99. The number of carbonyl (C=O) groups is 1. The molecule has 0 heterocycles. The summed E-state index contributed by atoms with van der Waals surface area (Å²) in [6.45, 7) is 9.23. The fourth-order valence-electron chi connectivity index (χ4n) is 0.972. The van der Waals surface area contributed by atoms with Gasteiger partial charge in [0.2, 0.25) is 5.91 Å². The molecule has 0 spiro atoms. The van der Waals surface area contributed by atoms with Crippen LogP contribution >= 0.6 is 0 Å². The Morgan fingerprint density at radius 3 is 2.38 bits per heavy atom. The van der Waals surface area contributed by atoms with E-state index in [4.69, 9.17) is 4.74 Å². The monoisotopic (exact) mass is 187 g/mol. The van der Waals surface area contributed by atoms with Crippen molar-refractivity contribution >= 4 is 5.91 Å². The molecule has 0 aromatic heterocycles. The van der Waals surface area contributed by atoms with Crippen LogP contribution in [0, 0.1) is 11.3 Å². The number of nitrogens with one attached hydrogen (secondary N) is 1. The number of hydrogen-bond donors (Lipinski definition) is 1. The fraction of sp³-hybridized carbons (Fsp3) is 0.900. The molecule has 3 nitrogen and oxygen atoms in total. The van der Waals surface area contributed by atoms with Gasteiger partial charge in [-0.15, -0.1) is 0 Å². The second-order valence-corrected chi connectivity index (χ2v) is 4.47. The minimum atomic E-state index is 0.0132. The van der Waals surface area contributed by atoms with Gasteiger partial charge in [0.25, 0.3) is 0 Å². The van der Waals surface area contributed by atoms with Crippen molar-refractivity contribution in [3.63, 3.8) is 0 Å². The zero-order chi connectivity index (χ0) is 10.5. The van der Waals surface area contributed by atoms with Crippen molar-refractivity contribution in [3.8, 4) is 0 Å². The van der Waals surface area contributed by atoms with E-state index in [1.807, 2.05) is 13.8 Å². The third-order valence-corrected chi connectivity index (χ3v) is 1.80. The van der Waals surface area contributed by atoms with E-state index in [0.717, 1.165) is 0 Å². The SMILES string of the molecule is COCC(C)(C)CNC(=O)C(C)C. The van der Waals surface area contributed by atoms with Crippen LogP contribution in [0.5, 0.6) is 0 Å². The molecule has 0 aromatic carbocycles. The van der Waals surface area contributed by atoms with E-state index in [1.54, 1.807) is 7.11 Å². The summed E-state index contributed by atoms with van der Waals surface area (Å²) in [5.74, 6) is 0.155. The van der Waals surface area contributed by atoms with Crippen LogP contribution in [0.1, 0.15) is 27.7 Å². The molecule has 78 valence electrons. The maximum absolute atomic E-state index is 11.2. The second-order valence-electron chi connectivity index (χ2n) is 4.47. The predicted octanol–water partition coefficient (Wildman–Crippen LogP) is 1.43. The van der Waals surface area contributed by atoms with Crippen molar-refractivity contribution in [2.75, 3.05) is 20.3 Å². The van der Waals surface area contributed by atoms with Crippen molar-refractivity contribution in [1.29, 1.82) is 0 Å². The number of hydrogen-bond acceptors (Lipinski definition) is 2. The van der Waals surface area contributed by atoms with E-state index in [0.29, 0.717) is 13.2 Å². The van der Waals surface area contributed by atoms with Crippen LogP contribution in [-0.4, -0.2) is 26.2 Å². The summed E-state index contributed by atoms with van der Waals surface area (Å²) in [5.41, 5.74) is 0.0132. The number of rotatable bonds is 5. The zero-order valence-corrected chi connectivity index (χ0v) is 9.31. The molecular weight excluding hydrogens is 166 g/mol. The van der Waals surface area contributed by atoms with Gasteiger partial charge in [-0.1, -0.05) is 27.7 Å². The summed E-state index contributed by atoms with van der Waals surface area (Å²) in [7, 11) is 1.67. The maximum Gasteiger partial charge on any atom is 0.222 e. The van der Waals surface area contributed by atoms with E-state index in [9.17, 15) is 4.79 Å². The summed E-state index contributed by atoms with van der Waals surface area (Å²) in [6, 6.07) is 0. The lowest BCUT2D eigenvalue weighted by Crippen LogP contribution is -2.38. The summed E-state index contributed by atoms with van der Waals surface area (Å²) in [5, 5.41) is 2.89. The average Bonchev–Trinajstić information content (AvgIpc) is 2.00. The smallest absolute Gasteiger partial charge is 0.222 e. The molecule has 0 rings (SSSR count). The molecule has 1 amide bonds. The summed E-state index contributed by atoms with van der Waals surface area (Å²) in [6.07, 6.45) is 0. The first-order valence-electron chi connectivity index (χ1n) is 4.66. The van der Waals surface area contributed by atoms with Gasteiger partial charge < -0.3 is 10.1 Å². The lowest BCUT2D eigenvalue weighted by molar-refractivity contribution is -0.124. The van der Waals surface area contributed by atoms with Crippen LogP contribution in [0.25, 0.3) is 0 Å². The molecule has 0 saturated carbocycles. The second kappa shape index (κ2) is 5.22. The normalized spacial score (nSPS) is 11.8. The van der Waals surface area contributed by atoms with Crippen molar-refractivity contribution in [2.45, 2.75) is 27.7 Å². The third kappa shape index (κ3) is 5.64. The Morgan fingerprint density at radius 1 is 1.46 bits per heavy atom. The standard InChI is InChI=1S/C10H21NO2/c1-8(2)9(12)11-6-10(3,4)7-13-5/h8H,6-7H2,1-5H3,(H,11,12). The molecule has 0 bridgehead atoms. The topological polar surface area (TPSA) is 38.3 Å². The molecule has 1 N–H and O–H groups in total. The predicted molar refractivity (Wildman–Crippen MR) is 53.5 cm³/mol. The summed E-state index contributed by atoms with van der Waals surface area (Å²) >= 11 is 0. The lowest BCUT2D eigenvalue weighted by Gasteiger charge is -2.24. The first-order chi connectivity index (χ1) is 5.89. The zero-order valence-electron chi connectivity index (χ0n) is 9.31. The van der Waals surface area contributed by atoms with Gasteiger partial charge in [-0.2, -0.15) is 0 Å². The fourth-order valence-corrected chi connectivity index (χ4v) is 0.972. The van der Waals surface area contributed by atoms with Gasteiger partial charge in [0.05, 0.1) is 6.61 Å². The minimum absolute atomic E-state index is 0.0132. The molecule has 0 fully saturated rings. The van der Waals surface area contributed by atoms with Crippen molar-refractivity contribution in [3.05, 3.63) is 0 Å². The van der Waals surface area contributed by atoms with Gasteiger partial charge in [-0.3, -0.25) is 4.79 Å². The molecule has 0 saturated heterocycles. The van der Waals surface area contributed by atoms with Crippen LogP contribution in [0.3, 0.4) is 0 Å². The molecule has 0 unspecified atom stereocenters. The Hall–Kier alpha value is -0.570. The largest absolute Gasteiger partial charge is 0.384 e. The Bertz CT molecular complexity index is 164. The quantitative estimate of drug-likeness (QED) is 0.707. The number of ether oxygens (including phenoxy) is 1.